The largest absolute Gasteiger partial charge is 0.373 e. The maximum atomic E-state index is 11.7. The normalized spacial score (nSPS) is 12.7. The zero-order valence-electron chi connectivity index (χ0n) is 10.3. The van der Waals surface area contributed by atoms with Gasteiger partial charge in [-0.1, -0.05) is 20.3 Å². The molecule has 1 rings (SSSR count). The zero-order valence-corrected chi connectivity index (χ0v) is 11.1. The number of hydrogen-bond acceptors (Lipinski definition) is 3. The molecule has 0 aliphatic rings. The molecule has 90 valence electrons. The Morgan fingerprint density at radius 2 is 2.25 bits per heavy atom. The summed E-state index contributed by atoms with van der Waals surface area (Å²) < 4.78 is 5.43. The van der Waals surface area contributed by atoms with Crippen molar-refractivity contribution < 1.29 is 9.53 Å². The number of carbonyl (C=O) groups is 1. The lowest BCUT2D eigenvalue weighted by molar-refractivity contribution is 0.0687. The van der Waals surface area contributed by atoms with Gasteiger partial charge in [-0.15, -0.1) is 11.3 Å². The lowest BCUT2D eigenvalue weighted by Crippen LogP contribution is -2.12. The Hall–Kier alpha value is -0.670. The second-order valence-electron chi connectivity index (χ2n) is 4.24. The van der Waals surface area contributed by atoms with Gasteiger partial charge in [0.15, 0.2) is 5.78 Å². The third-order valence-corrected chi connectivity index (χ3v) is 3.47. The Balaban J connectivity index is 2.25. The molecule has 1 aromatic rings. The van der Waals surface area contributed by atoms with Gasteiger partial charge in [0, 0.05) is 11.5 Å². The van der Waals surface area contributed by atoms with Gasteiger partial charge in [0.1, 0.15) is 6.61 Å². The lowest BCUT2D eigenvalue weighted by Gasteiger charge is -2.09. The van der Waals surface area contributed by atoms with E-state index in [9.17, 15) is 4.79 Å². The summed E-state index contributed by atoms with van der Waals surface area (Å²) in [5, 5.41) is 0. The minimum atomic E-state index is 0.0989. The SMILES string of the molecule is CCCC(C)COCC(=O)c1ccc(C)s1. The number of hydrogen-bond donors (Lipinski definition) is 0. The highest BCUT2D eigenvalue weighted by molar-refractivity contribution is 7.14. The number of rotatable bonds is 7. The van der Waals surface area contributed by atoms with Crippen molar-refractivity contribution >= 4 is 17.1 Å². The van der Waals surface area contributed by atoms with Crippen LogP contribution in [0.15, 0.2) is 12.1 Å². The van der Waals surface area contributed by atoms with Crippen molar-refractivity contribution in [3.05, 3.63) is 21.9 Å². The second kappa shape index (κ2) is 6.81. The molecule has 0 spiro atoms. The molecule has 16 heavy (non-hydrogen) atoms. The molecule has 1 aromatic heterocycles. The van der Waals surface area contributed by atoms with Gasteiger partial charge in [-0.2, -0.15) is 0 Å². The molecule has 1 atom stereocenters. The van der Waals surface area contributed by atoms with Gasteiger partial charge in [-0.25, -0.2) is 0 Å². The first-order valence-electron chi connectivity index (χ1n) is 5.80. The first-order chi connectivity index (χ1) is 7.63. The lowest BCUT2D eigenvalue weighted by atomic mass is 10.1. The van der Waals surface area contributed by atoms with E-state index in [0.717, 1.165) is 11.3 Å². The van der Waals surface area contributed by atoms with Crippen LogP contribution in [0, 0.1) is 12.8 Å². The van der Waals surface area contributed by atoms with Crippen LogP contribution in [0.1, 0.15) is 41.2 Å². The number of ketones is 1. The summed E-state index contributed by atoms with van der Waals surface area (Å²) in [7, 11) is 0. The predicted octanol–water partition coefficient (Wildman–Crippen LogP) is 3.69. The van der Waals surface area contributed by atoms with E-state index in [1.165, 1.54) is 22.6 Å². The number of ether oxygens (including phenoxy) is 1. The van der Waals surface area contributed by atoms with Gasteiger partial charge in [0.2, 0.25) is 0 Å². The van der Waals surface area contributed by atoms with Crippen LogP contribution >= 0.6 is 11.3 Å². The van der Waals surface area contributed by atoms with E-state index in [4.69, 9.17) is 4.74 Å². The minimum Gasteiger partial charge on any atom is -0.373 e. The third-order valence-electron chi connectivity index (χ3n) is 2.43. The fourth-order valence-electron chi connectivity index (χ4n) is 1.58. The summed E-state index contributed by atoms with van der Waals surface area (Å²) >= 11 is 1.54. The van der Waals surface area contributed by atoms with Crippen molar-refractivity contribution in [3.8, 4) is 0 Å². The van der Waals surface area contributed by atoms with Crippen molar-refractivity contribution in [2.75, 3.05) is 13.2 Å². The second-order valence-corrected chi connectivity index (χ2v) is 5.53. The van der Waals surface area contributed by atoms with E-state index in [-0.39, 0.29) is 12.4 Å². The third kappa shape index (κ3) is 4.45. The van der Waals surface area contributed by atoms with Crippen molar-refractivity contribution in [1.82, 2.24) is 0 Å². The summed E-state index contributed by atoms with van der Waals surface area (Å²) in [4.78, 5) is 13.7. The highest BCUT2D eigenvalue weighted by Gasteiger charge is 2.09. The maximum Gasteiger partial charge on any atom is 0.198 e. The molecule has 0 saturated heterocycles. The molecule has 0 aromatic carbocycles. The Bertz CT molecular complexity index is 330. The Labute approximate surface area is 102 Å². The highest BCUT2D eigenvalue weighted by atomic mass is 32.1. The Morgan fingerprint density at radius 1 is 1.50 bits per heavy atom. The number of carbonyl (C=O) groups excluding carboxylic acids is 1. The Kier molecular flexibility index (Phi) is 5.71. The molecule has 0 amide bonds. The average molecular weight is 240 g/mol. The quantitative estimate of drug-likeness (QED) is 0.679. The summed E-state index contributed by atoms with van der Waals surface area (Å²) in [6.45, 7) is 7.23. The summed E-state index contributed by atoms with van der Waals surface area (Å²) in [6, 6.07) is 3.85. The first-order valence-corrected chi connectivity index (χ1v) is 6.62. The number of Topliss-reactive ketones (excluding diaryl/α,β-unsaturated/α-hetero) is 1. The van der Waals surface area contributed by atoms with Crippen molar-refractivity contribution in [1.29, 1.82) is 0 Å². The fourth-order valence-corrected chi connectivity index (χ4v) is 2.38. The highest BCUT2D eigenvalue weighted by Crippen LogP contribution is 2.15. The van der Waals surface area contributed by atoms with E-state index in [1.807, 2.05) is 19.1 Å². The molecule has 2 nitrogen and oxygen atoms in total. The topological polar surface area (TPSA) is 26.3 Å². The van der Waals surface area contributed by atoms with Crippen molar-refractivity contribution in [2.24, 2.45) is 5.92 Å². The summed E-state index contributed by atoms with van der Waals surface area (Å²) in [5.74, 6) is 0.643. The smallest absolute Gasteiger partial charge is 0.198 e. The minimum absolute atomic E-state index is 0.0989. The number of aryl methyl sites for hydroxylation is 1. The standard InChI is InChI=1S/C13H20O2S/c1-4-5-10(2)8-15-9-12(14)13-7-6-11(3)16-13/h6-7,10H,4-5,8-9H2,1-3H3. The van der Waals surface area contributed by atoms with Gasteiger partial charge in [0.05, 0.1) is 4.88 Å². The van der Waals surface area contributed by atoms with Gasteiger partial charge in [-0.3, -0.25) is 4.79 Å². The van der Waals surface area contributed by atoms with E-state index in [2.05, 4.69) is 13.8 Å². The van der Waals surface area contributed by atoms with Crippen LogP contribution in [-0.2, 0) is 4.74 Å². The van der Waals surface area contributed by atoms with Crippen molar-refractivity contribution in [2.45, 2.75) is 33.6 Å². The molecular weight excluding hydrogens is 220 g/mol. The van der Waals surface area contributed by atoms with Gasteiger partial charge >= 0.3 is 0 Å². The molecule has 0 saturated carbocycles. The monoisotopic (exact) mass is 240 g/mol. The van der Waals surface area contributed by atoms with E-state index < -0.39 is 0 Å². The van der Waals surface area contributed by atoms with Crippen LogP contribution in [0.4, 0.5) is 0 Å². The molecule has 1 heterocycles. The zero-order chi connectivity index (χ0) is 12.0. The van der Waals surface area contributed by atoms with Crippen LogP contribution in [0.3, 0.4) is 0 Å². The van der Waals surface area contributed by atoms with Crippen LogP contribution < -0.4 is 0 Å². The molecule has 0 N–H and O–H groups in total. The molecule has 0 fully saturated rings. The van der Waals surface area contributed by atoms with Crippen LogP contribution in [-0.4, -0.2) is 19.0 Å². The van der Waals surface area contributed by atoms with E-state index in [0.29, 0.717) is 12.5 Å². The molecular formula is C13H20O2S. The molecule has 1 unspecified atom stereocenters. The Morgan fingerprint density at radius 3 is 2.81 bits per heavy atom. The average Bonchev–Trinajstić information content (AvgIpc) is 2.65. The molecule has 0 aliphatic heterocycles. The molecule has 0 bridgehead atoms. The molecule has 0 radical (unpaired) electrons. The van der Waals surface area contributed by atoms with E-state index >= 15 is 0 Å². The van der Waals surface area contributed by atoms with Crippen LogP contribution in [0.5, 0.6) is 0 Å². The fraction of sp³-hybridized carbons (Fsp3) is 0.615. The summed E-state index contributed by atoms with van der Waals surface area (Å²) in [5.41, 5.74) is 0. The predicted molar refractivity (Wildman–Crippen MR) is 68.3 cm³/mol. The van der Waals surface area contributed by atoms with Gasteiger partial charge in [-0.05, 0) is 31.4 Å². The van der Waals surface area contributed by atoms with E-state index in [1.54, 1.807) is 0 Å². The van der Waals surface area contributed by atoms with Crippen LogP contribution in [0.25, 0.3) is 0 Å². The van der Waals surface area contributed by atoms with Crippen molar-refractivity contribution in [3.63, 3.8) is 0 Å². The molecule has 3 heteroatoms. The van der Waals surface area contributed by atoms with Gasteiger partial charge < -0.3 is 4.74 Å². The van der Waals surface area contributed by atoms with Crippen LogP contribution in [0.2, 0.25) is 0 Å². The summed E-state index contributed by atoms with van der Waals surface area (Å²) in [6.07, 6.45) is 2.33. The first kappa shape index (κ1) is 13.4. The number of thiophene rings is 1. The maximum absolute atomic E-state index is 11.7. The molecule has 0 aliphatic carbocycles. The van der Waals surface area contributed by atoms with Gasteiger partial charge in [0.25, 0.3) is 0 Å².